The molecule has 1 rings (SSSR count). The van der Waals surface area contributed by atoms with E-state index in [1.807, 2.05) is 0 Å². The Kier molecular flexibility index (Phi) is 3.53. The smallest absolute Gasteiger partial charge is 0.0241 e. The molecule has 12 heavy (non-hydrogen) atoms. The van der Waals surface area contributed by atoms with Crippen molar-refractivity contribution < 1.29 is 0 Å². The van der Waals surface area contributed by atoms with E-state index in [1.165, 1.54) is 19.3 Å². The lowest BCUT2D eigenvalue weighted by Crippen LogP contribution is -2.49. The first-order valence-corrected chi connectivity index (χ1v) is 5.08. The highest BCUT2D eigenvalue weighted by Crippen LogP contribution is 2.26. The summed E-state index contributed by atoms with van der Waals surface area (Å²) in [5.74, 6) is 0.681. The molecule has 2 nitrogen and oxygen atoms in total. The normalized spacial score (nSPS) is 21.5. The van der Waals surface area contributed by atoms with E-state index in [0.29, 0.717) is 12.0 Å². The predicted octanol–water partition coefficient (Wildman–Crippen LogP) is 1.45. The molecule has 0 saturated heterocycles. The average Bonchev–Trinajstić information content (AvgIpc) is 1.83. The van der Waals surface area contributed by atoms with E-state index in [1.54, 1.807) is 0 Å². The van der Waals surface area contributed by atoms with Gasteiger partial charge in [0.1, 0.15) is 0 Å². The van der Waals surface area contributed by atoms with Crippen molar-refractivity contribution in [3.05, 3.63) is 0 Å². The Morgan fingerprint density at radius 3 is 2.25 bits per heavy atom. The fourth-order valence-electron chi connectivity index (χ4n) is 1.97. The molecule has 0 aromatic carbocycles. The molecule has 1 aliphatic carbocycles. The van der Waals surface area contributed by atoms with E-state index in [2.05, 4.69) is 25.8 Å². The van der Waals surface area contributed by atoms with Crippen LogP contribution in [0.1, 0.15) is 33.1 Å². The molecule has 0 aromatic rings. The van der Waals surface area contributed by atoms with Crippen LogP contribution in [-0.2, 0) is 0 Å². The minimum atomic E-state index is 0.579. The molecule has 1 saturated carbocycles. The van der Waals surface area contributed by atoms with Crippen LogP contribution in [0, 0.1) is 5.92 Å². The van der Waals surface area contributed by atoms with Gasteiger partial charge in [0, 0.05) is 18.6 Å². The molecule has 1 fully saturated rings. The molecule has 72 valence electrons. The molecule has 2 N–H and O–H groups in total. The predicted molar refractivity (Wildman–Crippen MR) is 53.1 cm³/mol. The zero-order chi connectivity index (χ0) is 9.14. The summed E-state index contributed by atoms with van der Waals surface area (Å²) in [7, 11) is 2.22. The van der Waals surface area contributed by atoms with Gasteiger partial charge in [-0.15, -0.1) is 0 Å². The van der Waals surface area contributed by atoms with E-state index in [4.69, 9.17) is 5.73 Å². The lowest BCUT2D eigenvalue weighted by Gasteiger charge is -2.41. The molecule has 0 radical (unpaired) electrons. The Hall–Kier alpha value is -0.0800. The number of rotatable bonds is 4. The van der Waals surface area contributed by atoms with Crippen molar-refractivity contribution in [1.82, 2.24) is 4.90 Å². The van der Waals surface area contributed by atoms with Crippen LogP contribution in [0.3, 0.4) is 0 Å². The summed E-state index contributed by atoms with van der Waals surface area (Å²) in [5.41, 5.74) is 5.75. The minimum Gasteiger partial charge on any atom is -0.329 e. The van der Waals surface area contributed by atoms with Crippen LogP contribution in [0.5, 0.6) is 0 Å². The fourth-order valence-corrected chi connectivity index (χ4v) is 1.97. The van der Waals surface area contributed by atoms with E-state index in [-0.39, 0.29) is 0 Å². The van der Waals surface area contributed by atoms with Crippen molar-refractivity contribution in [2.45, 2.75) is 45.2 Å². The third-order valence-corrected chi connectivity index (χ3v) is 3.18. The summed E-state index contributed by atoms with van der Waals surface area (Å²) in [6.45, 7) is 5.31. The average molecular weight is 170 g/mol. The van der Waals surface area contributed by atoms with Crippen LogP contribution in [-0.4, -0.2) is 30.6 Å². The highest BCUT2D eigenvalue weighted by atomic mass is 15.2. The Bertz CT molecular complexity index is 130. The van der Waals surface area contributed by atoms with Gasteiger partial charge in [0.05, 0.1) is 0 Å². The summed E-state index contributed by atoms with van der Waals surface area (Å²) in [6.07, 6.45) is 4.16. The number of likely N-dealkylation sites (N-methyl/N-ethyl adjacent to an activating group) is 1. The topological polar surface area (TPSA) is 29.3 Å². The van der Waals surface area contributed by atoms with Gasteiger partial charge in [0.2, 0.25) is 0 Å². The van der Waals surface area contributed by atoms with E-state index in [9.17, 15) is 0 Å². The Labute approximate surface area is 76.1 Å². The molecular weight excluding hydrogens is 148 g/mol. The molecule has 0 spiro atoms. The molecule has 0 aliphatic heterocycles. The molecule has 2 heteroatoms. The Morgan fingerprint density at radius 1 is 1.42 bits per heavy atom. The quantitative estimate of drug-likeness (QED) is 0.692. The summed E-state index contributed by atoms with van der Waals surface area (Å²) in [4.78, 5) is 2.48. The number of hydrogen-bond acceptors (Lipinski definition) is 2. The molecule has 0 heterocycles. The second-order valence-electron chi connectivity index (χ2n) is 4.30. The van der Waals surface area contributed by atoms with Crippen molar-refractivity contribution in [3.8, 4) is 0 Å². The summed E-state index contributed by atoms with van der Waals surface area (Å²) in [6, 6.07) is 1.40. The van der Waals surface area contributed by atoms with Gasteiger partial charge < -0.3 is 5.73 Å². The van der Waals surface area contributed by atoms with Crippen molar-refractivity contribution >= 4 is 0 Å². The standard InChI is InChI=1S/C10H22N2/c1-8(2)10(7-11)12(3)9-5-4-6-9/h8-10H,4-7,11H2,1-3H3. The maximum atomic E-state index is 5.75. The highest BCUT2D eigenvalue weighted by molar-refractivity contribution is 4.84. The van der Waals surface area contributed by atoms with Gasteiger partial charge in [0.25, 0.3) is 0 Å². The molecular formula is C10H22N2. The first-order chi connectivity index (χ1) is 5.66. The van der Waals surface area contributed by atoms with E-state index >= 15 is 0 Å². The molecule has 0 aromatic heterocycles. The van der Waals surface area contributed by atoms with Crippen LogP contribution in [0.4, 0.5) is 0 Å². The zero-order valence-electron chi connectivity index (χ0n) is 8.59. The van der Waals surface area contributed by atoms with Crippen LogP contribution in [0.25, 0.3) is 0 Å². The van der Waals surface area contributed by atoms with Gasteiger partial charge in [-0.1, -0.05) is 20.3 Å². The summed E-state index contributed by atoms with van der Waals surface area (Å²) >= 11 is 0. The molecule has 0 bridgehead atoms. The van der Waals surface area contributed by atoms with Gasteiger partial charge in [-0.25, -0.2) is 0 Å². The van der Waals surface area contributed by atoms with Gasteiger partial charge in [-0.2, -0.15) is 0 Å². The lowest BCUT2D eigenvalue weighted by atomic mass is 9.89. The van der Waals surface area contributed by atoms with E-state index < -0.39 is 0 Å². The van der Waals surface area contributed by atoms with E-state index in [0.717, 1.165) is 12.6 Å². The van der Waals surface area contributed by atoms with Gasteiger partial charge >= 0.3 is 0 Å². The highest BCUT2D eigenvalue weighted by Gasteiger charge is 2.28. The fraction of sp³-hybridized carbons (Fsp3) is 1.00. The van der Waals surface area contributed by atoms with Gasteiger partial charge in [-0.05, 0) is 25.8 Å². The first kappa shape index (κ1) is 10.0. The molecule has 1 unspecified atom stereocenters. The number of nitrogens with two attached hydrogens (primary N) is 1. The van der Waals surface area contributed by atoms with Crippen LogP contribution < -0.4 is 5.73 Å². The largest absolute Gasteiger partial charge is 0.329 e. The lowest BCUT2D eigenvalue weighted by molar-refractivity contribution is 0.0890. The van der Waals surface area contributed by atoms with Crippen molar-refractivity contribution in [2.24, 2.45) is 11.7 Å². The van der Waals surface area contributed by atoms with Crippen molar-refractivity contribution in [3.63, 3.8) is 0 Å². The Balaban J connectivity index is 2.40. The molecule has 0 amide bonds. The van der Waals surface area contributed by atoms with Crippen LogP contribution >= 0.6 is 0 Å². The molecule has 1 aliphatic rings. The van der Waals surface area contributed by atoms with Crippen molar-refractivity contribution in [2.75, 3.05) is 13.6 Å². The second kappa shape index (κ2) is 4.24. The van der Waals surface area contributed by atoms with Crippen molar-refractivity contribution in [1.29, 1.82) is 0 Å². The third kappa shape index (κ3) is 1.99. The van der Waals surface area contributed by atoms with Crippen LogP contribution in [0.2, 0.25) is 0 Å². The summed E-state index contributed by atoms with van der Waals surface area (Å²) < 4.78 is 0. The maximum Gasteiger partial charge on any atom is 0.0241 e. The summed E-state index contributed by atoms with van der Waals surface area (Å²) in [5, 5.41) is 0. The number of nitrogens with zero attached hydrogens (tertiary/aromatic N) is 1. The second-order valence-corrected chi connectivity index (χ2v) is 4.30. The Morgan fingerprint density at radius 2 is 2.00 bits per heavy atom. The van der Waals surface area contributed by atoms with Gasteiger partial charge in [-0.3, -0.25) is 4.90 Å². The number of hydrogen-bond donors (Lipinski definition) is 1. The maximum absolute atomic E-state index is 5.75. The zero-order valence-corrected chi connectivity index (χ0v) is 8.59. The minimum absolute atomic E-state index is 0.579. The SMILES string of the molecule is CC(C)C(CN)N(C)C1CCC1. The third-order valence-electron chi connectivity index (χ3n) is 3.18. The molecule has 1 atom stereocenters. The monoisotopic (exact) mass is 170 g/mol. The first-order valence-electron chi connectivity index (χ1n) is 5.08. The van der Waals surface area contributed by atoms with Gasteiger partial charge in [0.15, 0.2) is 0 Å². The van der Waals surface area contributed by atoms with Crippen LogP contribution in [0.15, 0.2) is 0 Å².